The van der Waals surface area contributed by atoms with Gasteiger partial charge in [-0.15, -0.1) is 0 Å². The number of hydrogen-bond acceptors (Lipinski definition) is 0. The van der Waals surface area contributed by atoms with E-state index in [0.717, 1.165) is 0 Å². The lowest BCUT2D eigenvalue weighted by Crippen LogP contribution is -2.13. The third-order valence-electron chi connectivity index (χ3n) is 2.86. The Bertz CT molecular complexity index is 445. The number of benzene rings is 2. The highest BCUT2D eigenvalue weighted by molar-refractivity contribution is 7.73. The van der Waals surface area contributed by atoms with Crippen molar-refractivity contribution in [3.8, 4) is 0 Å². The lowest BCUT2D eigenvalue weighted by molar-refractivity contribution is 1.10. The molecule has 0 saturated carbocycles. The van der Waals surface area contributed by atoms with E-state index in [9.17, 15) is 0 Å². The zero-order chi connectivity index (χ0) is 12.1. The lowest BCUT2D eigenvalue weighted by Gasteiger charge is -2.18. The van der Waals surface area contributed by atoms with Crippen LogP contribution in [0.2, 0.25) is 0 Å². The molecule has 0 bridgehead atoms. The molecule has 0 N–H and O–H groups in total. The molecular weight excluding hydrogens is 223 g/mol. The molecule has 0 aliphatic rings. The lowest BCUT2D eigenvalue weighted by atomic mass is 10.2. The molecule has 0 amide bonds. The van der Waals surface area contributed by atoms with E-state index < -0.39 is 0 Å². The Labute approximate surface area is 105 Å². The zero-order valence-corrected chi connectivity index (χ0v) is 11.5. The molecule has 0 aliphatic carbocycles. The quantitative estimate of drug-likeness (QED) is 0.715. The monoisotopic (exact) mass is 242 g/mol. The molecule has 0 aromatic heterocycles. The standard InChI is InChI=1S/C16H19P/c1-3-13-17(15-7-5-4-6-8-15)16-11-9-14(2)10-12-16/h4-12H,3,13H2,1-2H3. The summed E-state index contributed by atoms with van der Waals surface area (Å²) in [5.74, 6) is 0. The third kappa shape index (κ3) is 3.17. The van der Waals surface area contributed by atoms with Crippen LogP contribution < -0.4 is 10.6 Å². The van der Waals surface area contributed by atoms with Gasteiger partial charge in [0.15, 0.2) is 0 Å². The Hall–Kier alpha value is -1.13. The van der Waals surface area contributed by atoms with E-state index in [1.807, 2.05) is 0 Å². The van der Waals surface area contributed by atoms with Crippen molar-refractivity contribution in [1.29, 1.82) is 0 Å². The number of aryl methyl sites for hydroxylation is 1. The normalized spacial score (nSPS) is 12.4. The maximum atomic E-state index is 2.30. The summed E-state index contributed by atoms with van der Waals surface area (Å²) in [5, 5.41) is 2.99. The molecule has 2 aromatic carbocycles. The van der Waals surface area contributed by atoms with E-state index in [0.29, 0.717) is 0 Å². The van der Waals surface area contributed by atoms with E-state index in [1.54, 1.807) is 0 Å². The Morgan fingerprint density at radius 2 is 1.41 bits per heavy atom. The minimum absolute atomic E-state index is 0.163. The predicted molar refractivity (Wildman–Crippen MR) is 79.0 cm³/mol. The van der Waals surface area contributed by atoms with Crippen LogP contribution in [0.4, 0.5) is 0 Å². The fourth-order valence-electron chi connectivity index (χ4n) is 1.96. The fourth-order valence-corrected chi connectivity index (χ4v) is 4.27. The fraction of sp³-hybridized carbons (Fsp3) is 0.250. The Morgan fingerprint density at radius 1 is 0.824 bits per heavy atom. The first-order chi connectivity index (χ1) is 8.31. The van der Waals surface area contributed by atoms with Crippen molar-refractivity contribution in [1.82, 2.24) is 0 Å². The summed E-state index contributed by atoms with van der Waals surface area (Å²) in [6.45, 7) is 4.42. The molecular formula is C16H19P. The molecule has 88 valence electrons. The molecule has 17 heavy (non-hydrogen) atoms. The summed E-state index contributed by atoms with van der Waals surface area (Å²) in [5.41, 5.74) is 1.34. The van der Waals surface area contributed by atoms with E-state index in [-0.39, 0.29) is 7.92 Å². The Kier molecular flexibility index (Phi) is 4.34. The van der Waals surface area contributed by atoms with Crippen LogP contribution in [0.1, 0.15) is 18.9 Å². The molecule has 2 rings (SSSR count). The Morgan fingerprint density at radius 3 is 2.00 bits per heavy atom. The van der Waals surface area contributed by atoms with Crippen LogP contribution in [0, 0.1) is 6.92 Å². The molecule has 0 nitrogen and oxygen atoms in total. The van der Waals surface area contributed by atoms with E-state index in [1.165, 1.54) is 28.8 Å². The van der Waals surface area contributed by atoms with Gasteiger partial charge in [-0.1, -0.05) is 73.5 Å². The van der Waals surface area contributed by atoms with Gasteiger partial charge >= 0.3 is 0 Å². The van der Waals surface area contributed by atoms with E-state index >= 15 is 0 Å². The second-order valence-corrected chi connectivity index (χ2v) is 6.66. The smallest absolute Gasteiger partial charge is 0.0195 e. The highest BCUT2D eigenvalue weighted by atomic mass is 31.1. The summed E-state index contributed by atoms with van der Waals surface area (Å²) >= 11 is 0. The average Bonchev–Trinajstić information content (AvgIpc) is 2.38. The minimum atomic E-state index is -0.163. The van der Waals surface area contributed by atoms with Gasteiger partial charge in [0.1, 0.15) is 0 Å². The summed E-state index contributed by atoms with van der Waals surface area (Å²) in [7, 11) is -0.163. The summed E-state index contributed by atoms with van der Waals surface area (Å²) in [4.78, 5) is 0. The van der Waals surface area contributed by atoms with Gasteiger partial charge in [-0.05, 0) is 31.6 Å². The first kappa shape index (κ1) is 12.3. The topological polar surface area (TPSA) is 0 Å². The van der Waals surface area contributed by atoms with Crippen LogP contribution in [0.5, 0.6) is 0 Å². The minimum Gasteiger partial charge on any atom is -0.0650 e. The van der Waals surface area contributed by atoms with Crippen molar-refractivity contribution in [2.45, 2.75) is 20.3 Å². The second-order valence-electron chi connectivity index (χ2n) is 4.32. The van der Waals surface area contributed by atoms with Crippen molar-refractivity contribution in [3.05, 3.63) is 60.2 Å². The van der Waals surface area contributed by atoms with Crippen LogP contribution in [0.15, 0.2) is 54.6 Å². The van der Waals surface area contributed by atoms with Crippen molar-refractivity contribution in [3.63, 3.8) is 0 Å². The van der Waals surface area contributed by atoms with Crippen molar-refractivity contribution in [2.75, 3.05) is 6.16 Å². The number of rotatable bonds is 4. The third-order valence-corrected chi connectivity index (χ3v) is 5.60. The molecule has 0 aliphatic heterocycles. The predicted octanol–water partition coefficient (Wildman–Crippen LogP) is 3.84. The second kappa shape index (κ2) is 5.98. The summed E-state index contributed by atoms with van der Waals surface area (Å²) in [6, 6.07) is 20.0. The van der Waals surface area contributed by atoms with Crippen molar-refractivity contribution >= 4 is 18.5 Å². The van der Waals surface area contributed by atoms with Crippen LogP contribution in [-0.2, 0) is 0 Å². The van der Waals surface area contributed by atoms with Gasteiger partial charge in [-0.2, -0.15) is 0 Å². The molecule has 0 heterocycles. The largest absolute Gasteiger partial charge is 0.0650 e. The maximum Gasteiger partial charge on any atom is -0.0195 e. The van der Waals surface area contributed by atoms with Gasteiger partial charge in [0, 0.05) is 0 Å². The first-order valence-electron chi connectivity index (χ1n) is 6.20. The van der Waals surface area contributed by atoms with Gasteiger partial charge in [0.2, 0.25) is 0 Å². The van der Waals surface area contributed by atoms with Gasteiger partial charge in [0.05, 0.1) is 0 Å². The summed E-state index contributed by atoms with van der Waals surface area (Å²) < 4.78 is 0. The molecule has 0 saturated heterocycles. The van der Waals surface area contributed by atoms with Crippen LogP contribution in [0.25, 0.3) is 0 Å². The molecule has 0 spiro atoms. The van der Waals surface area contributed by atoms with Crippen LogP contribution in [-0.4, -0.2) is 6.16 Å². The van der Waals surface area contributed by atoms with Crippen molar-refractivity contribution in [2.24, 2.45) is 0 Å². The first-order valence-corrected chi connectivity index (χ1v) is 7.73. The molecule has 1 unspecified atom stereocenters. The highest BCUT2D eigenvalue weighted by Gasteiger charge is 2.11. The molecule has 2 aromatic rings. The maximum absolute atomic E-state index is 2.30. The molecule has 0 radical (unpaired) electrons. The van der Waals surface area contributed by atoms with Gasteiger partial charge in [-0.25, -0.2) is 0 Å². The molecule has 1 atom stereocenters. The van der Waals surface area contributed by atoms with Gasteiger partial charge in [0.25, 0.3) is 0 Å². The summed E-state index contributed by atoms with van der Waals surface area (Å²) in [6.07, 6.45) is 2.52. The van der Waals surface area contributed by atoms with E-state index in [4.69, 9.17) is 0 Å². The zero-order valence-electron chi connectivity index (χ0n) is 10.6. The van der Waals surface area contributed by atoms with E-state index in [2.05, 4.69) is 68.4 Å². The SMILES string of the molecule is CCCP(c1ccccc1)c1ccc(C)cc1. The molecule has 0 fully saturated rings. The average molecular weight is 242 g/mol. The van der Waals surface area contributed by atoms with Crippen molar-refractivity contribution < 1.29 is 0 Å². The Balaban J connectivity index is 2.32. The number of hydrogen-bond donors (Lipinski definition) is 0. The molecule has 1 heteroatoms. The highest BCUT2D eigenvalue weighted by Crippen LogP contribution is 2.33. The van der Waals surface area contributed by atoms with Crippen LogP contribution >= 0.6 is 7.92 Å². The van der Waals surface area contributed by atoms with Crippen LogP contribution in [0.3, 0.4) is 0 Å². The van der Waals surface area contributed by atoms with Gasteiger partial charge in [-0.3, -0.25) is 0 Å². The van der Waals surface area contributed by atoms with Gasteiger partial charge < -0.3 is 0 Å².